The SMILES string of the molecule is O=C1C(=O)N(c2ccccn2)C(c2cccc(Cl)c2)/C1=C(/O)c1ccc(Cl)cc1. The Bertz CT molecular complexity index is 1130. The zero-order valence-electron chi connectivity index (χ0n) is 14.9. The maximum atomic E-state index is 12.9. The minimum absolute atomic E-state index is 0.0368. The van der Waals surface area contributed by atoms with Crippen LogP contribution in [0.3, 0.4) is 0 Å². The van der Waals surface area contributed by atoms with Gasteiger partial charge in [0.15, 0.2) is 0 Å². The molecular formula is C22H14Cl2N2O3. The smallest absolute Gasteiger partial charge is 0.301 e. The molecule has 1 N–H and O–H groups in total. The van der Waals surface area contributed by atoms with Crippen molar-refractivity contribution in [3.63, 3.8) is 0 Å². The van der Waals surface area contributed by atoms with E-state index in [1.54, 1.807) is 66.7 Å². The number of hydrogen-bond donors (Lipinski definition) is 1. The maximum absolute atomic E-state index is 12.9. The highest BCUT2D eigenvalue weighted by molar-refractivity contribution is 6.51. The summed E-state index contributed by atoms with van der Waals surface area (Å²) in [7, 11) is 0. The third-order valence-corrected chi connectivity index (χ3v) is 5.11. The number of carbonyl (C=O) groups is 2. The van der Waals surface area contributed by atoms with Crippen molar-refractivity contribution in [3.05, 3.63) is 99.7 Å². The van der Waals surface area contributed by atoms with Crippen molar-refractivity contribution < 1.29 is 14.7 Å². The molecule has 1 unspecified atom stereocenters. The molecule has 0 spiro atoms. The molecule has 1 saturated heterocycles. The second-order valence-electron chi connectivity index (χ2n) is 6.42. The van der Waals surface area contributed by atoms with E-state index in [4.69, 9.17) is 23.2 Å². The molecule has 0 saturated carbocycles. The van der Waals surface area contributed by atoms with E-state index in [-0.39, 0.29) is 11.3 Å². The van der Waals surface area contributed by atoms with Crippen molar-refractivity contribution in [2.75, 3.05) is 4.90 Å². The zero-order valence-corrected chi connectivity index (χ0v) is 16.4. The molecule has 1 aliphatic heterocycles. The van der Waals surface area contributed by atoms with Gasteiger partial charge in [-0.1, -0.05) is 41.4 Å². The summed E-state index contributed by atoms with van der Waals surface area (Å²) in [6, 6.07) is 17.4. The molecule has 1 atom stereocenters. The lowest BCUT2D eigenvalue weighted by molar-refractivity contribution is -0.132. The van der Waals surface area contributed by atoms with Crippen molar-refractivity contribution in [3.8, 4) is 0 Å². The Morgan fingerprint density at radius 3 is 2.34 bits per heavy atom. The number of aliphatic hydroxyl groups is 1. The fourth-order valence-corrected chi connectivity index (χ4v) is 3.65. The van der Waals surface area contributed by atoms with E-state index in [1.807, 2.05) is 0 Å². The Labute approximate surface area is 176 Å². The van der Waals surface area contributed by atoms with Gasteiger partial charge in [0.25, 0.3) is 5.78 Å². The number of ketones is 1. The number of hydrogen-bond acceptors (Lipinski definition) is 4. The second-order valence-corrected chi connectivity index (χ2v) is 7.29. The molecule has 0 bridgehead atoms. The lowest BCUT2D eigenvalue weighted by Crippen LogP contribution is -2.30. The van der Waals surface area contributed by atoms with Gasteiger partial charge in [0, 0.05) is 21.8 Å². The number of rotatable bonds is 3. The number of aromatic nitrogens is 1. The molecular weight excluding hydrogens is 411 g/mol. The van der Waals surface area contributed by atoms with Gasteiger partial charge >= 0.3 is 5.91 Å². The van der Waals surface area contributed by atoms with E-state index in [2.05, 4.69) is 4.98 Å². The Morgan fingerprint density at radius 2 is 1.69 bits per heavy atom. The number of anilines is 1. The van der Waals surface area contributed by atoms with E-state index < -0.39 is 17.7 Å². The topological polar surface area (TPSA) is 70.5 Å². The molecule has 29 heavy (non-hydrogen) atoms. The van der Waals surface area contributed by atoms with E-state index in [0.29, 0.717) is 27.0 Å². The summed E-state index contributed by atoms with van der Waals surface area (Å²) in [5, 5.41) is 11.9. The summed E-state index contributed by atoms with van der Waals surface area (Å²) in [6.07, 6.45) is 1.53. The van der Waals surface area contributed by atoms with Crippen LogP contribution in [-0.4, -0.2) is 21.8 Å². The Kier molecular flexibility index (Phi) is 5.09. The first-order chi connectivity index (χ1) is 14.0. The Hall–Kier alpha value is -3.15. The van der Waals surface area contributed by atoms with Crippen LogP contribution in [0.5, 0.6) is 0 Å². The third-order valence-electron chi connectivity index (χ3n) is 4.62. The number of pyridine rings is 1. The number of carbonyl (C=O) groups excluding carboxylic acids is 2. The highest BCUT2D eigenvalue weighted by Gasteiger charge is 2.47. The van der Waals surface area contributed by atoms with Gasteiger partial charge in [-0.05, 0) is 54.1 Å². The van der Waals surface area contributed by atoms with E-state index in [0.717, 1.165) is 0 Å². The second kappa shape index (κ2) is 7.70. The third kappa shape index (κ3) is 3.50. The van der Waals surface area contributed by atoms with E-state index in [1.165, 1.54) is 11.1 Å². The molecule has 1 aromatic heterocycles. The average molecular weight is 425 g/mol. The summed E-state index contributed by atoms with van der Waals surface area (Å²) in [6.45, 7) is 0. The molecule has 3 aromatic rings. The van der Waals surface area contributed by atoms with Crippen LogP contribution in [-0.2, 0) is 9.59 Å². The first kappa shape index (κ1) is 19.2. The number of halogens is 2. The molecule has 1 fully saturated rings. The minimum atomic E-state index is -0.876. The molecule has 144 valence electrons. The van der Waals surface area contributed by atoms with Crippen LogP contribution in [0, 0.1) is 0 Å². The number of Topliss-reactive ketones (excluding diaryl/α,β-unsaturated/α-hetero) is 1. The van der Waals surface area contributed by atoms with Crippen LogP contribution >= 0.6 is 23.2 Å². The summed E-state index contributed by atoms with van der Waals surface area (Å²) in [5.74, 6) is -1.56. The van der Waals surface area contributed by atoms with Crippen molar-refractivity contribution in [1.29, 1.82) is 0 Å². The van der Waals surface area contributed by atoms with E-state index in [9.17, 15) is 14.7 Å². The minimum Gasteiger partial charge on any atom is -0.507 e. The molecule has 1 amide bonds. The van der Waals surface area contributed by atoms with Crippen LogP contribution < -0.4 is 4.90 Å². The Morgan fingerprint density at radius 1 is 0.931 bits per heavy atom. The number of benzene rings is 2. The fraction of sp³-hybridized carbons (Fsp3) is 0.0455. The predicted molar refractivity (Wildman–Crippen MR) is 112 cm³/mol. The lowest BCUT2D eigenvalue weighted by Gasteiger charge is -2.24. The van der Waals surface area contributed by atoms with Crippen molar-refractivity contribution in [1.82, 2.24) is 4.98 Å². The van der Waals surface area contributed by atoms with Gasteiger partial charge in [0.2, 0.25) is 0 Å². The molecule has 7 heteroatoms. The molecule has 2 aromatic carbocycles. The number of nitrogens with zero attached hydrogens (tertiary/aromatic N) is 2. The van der Waals surface area contributed by atoms with Gasteiger partial charge in [0.1, 0.15) is 11.6 Å². The molecule has 2 heterocycles. The van der Waals surface area contributed by atoms with Crippen molar-refractivity contribution in [2.24, 2.45) is 0 Å². The van der Waals surface area contributed by atoms with Crippen molar-refractivity contribution in [2.45, 2.75) is 6.04 Å². The monoisotopic (exact) mass is 424 g/mol. The van der Waals surface area contributed by atoms with Gasteiger partial charge in [-0.3, -0.25) is 14.5 Å². The maximum Gasteiger partial charge on any atom is 0.301 e. The molecule has 1 aliphatic rings. The first-order valence-electron chi connectivity index (χ1n) is 8.71. The summed E-state index contributed by atoms with van der Waals surface area (Å²) in [5.41, 5.74) is 0.920. The summed E-state index contributed by atoms with van der Waals surface area (Å²) < 4.78 is 0. The summed E-state index contributed by atoms with van der Waals surface area (Å²) >= 11 is 12.1. The highest BCUT2D eigenvalue weighted by atomic mass is 35.5. The van der Waals surface area contributed by atoms with Crippen LogP contribution in [0.25, 0.3) is 5.76 Å². The number of aliphatic hydroxyl groups excluding tert-OH is 1. The fourth-order valence-electron chi connectivity index (χ4n) is 3.32. The normalized spacial score (nSPS) is 18.3. The highest BCUT2D eigenvalue weighted by Crippen LogP contribution is 2.42. The first-order valence-corrected chi connectivity index (χ1v) is 9.46. The van der Waals surface area contributed by atoms with Gasteiger partial charge < -0.3 is 5.11 Å². The van der Waals surface area contributed by atoms with Crippen molar-refractivity contribution >= 4 is 46.5 Å². The quantitative estimate of drug-likeness (QED) is 0.364. The van der Waals surface area contributed by atoms with Crippen LogP contribution in [0.2, 0.25) is 10.0 Å². The van der Waals surface area contributed by atoms with Crippen LogP contribution in [0.4, 0.5) is 5.82 Å². The standard InChI is InChI=1S/C22H14Cl2N2O3/c23-15-9-7-13(8-10-15)20(27)18-19(14-4-3-5-16(24)12-14)26(22(29)21(18)28)17-6-1-2-11-25-17/h1-12,19,27H/b20-18-. The van der Waals surface area contributed by atoms with E-state index >= 15 is 0 Å². The zero-order chi connectivity index (χ0) is 20.5. The Balaban J connectivity index is 1.95. The van der Waals surface area contributed by atoms with Crippen LogP contribution in [0.15, 0.2) is 78.5 Å². The molecule has 0 radical (unpaired) electrons. The van der Waals surface area contributed by atoms with Gasteiger partial charge in [0.05, 0.1) is 11.6 Å². The molecule has 5 nitrogen and oxygen atoms in total. The van der Waals surface area contributed by atoms with Gasteiger partial charge in [-0.25, -0.2) is 4.98 Å². The molecule has 4 rings (SSSR count). The van der Waals surface area contributed by atoms with Gasteiger partial charge in [-0.2, -0.15) is 0 Å². The summed E-state index contributed by atoms with van der Waals surface area (Å²) in [4.78, 5) is 31.3. The molecule has 0 aliphatic carbocycles. The largest absolute Gasteiger partial charge is 0.507 e. The average Bonchev–Trinajstić information content (AvgIpc) is 2.99. The lowest BCUT2D eigenvalue weighted by atomic mass is 9.95. The number of amides is 1. The van der Waals surface area contributed by atoms with Gasteiger partial charge in [-0.15, -0.1) is 0 Å². The predicted octanol–water partition coefficient (Wildman–Crippen LogP) is 5.01. The van der Waals surface area contributed by atoms with Crippen LogP contribution in [0.1, 0.15) is 17.2 Å².